The van der Waals surface area contributed by atoms with Gasteiger partial charge in [-0.05, 0) is 36.8 Å². The number of aryl methyl sites for hydroxylation is 1. The minimum absolute atomic E-state index is 0.0467. The van der Waals surface area contributed by atoms with Crippen molar-refractivity contribution in [3.63, 3.8) is 0 Å². The van der Waals surface area contributed by atoms with E-state index in [2.05, 4.69) is 20.3 Å². The van der Waals surface area contributed by atoms with Crippen LogP contribution in [-0.4, -0.2) is 32.7 Å². The third-order valence-corrected chi connectivity index (χ3v) is 5.35. The monoisotopic (exact) mass is 409 g/mol. The van der Waals surface area contributed by atoms with E-state index in [9.17, 15) is 14.0 Å². The predicted molar refractivity (Wildman–Crippen MR) is 109 cm³/mol. The van der Waals surface area contributed by atoms with Gasteiger partial charge in [-0.2, -0.15) is 4.98 Å². The van der Waals surface area contributed by atoms with Crippen LogP contribution >= 0.6 is 0 Å². The molecule has 0 saturated heterocycles. The molecule has 0 aliphatic carbocycles. The van der Waals surface area contributed by atoms with Crippen molar-refractivity contribution in [3.05, 3.63) is 53.6 Å². The van der Waals surface area contributed by atoms with Crippen LogP contribution in [0.5, 0.6) is 0 Å². The number of amides is 1. The molecule has 0 spiro atoms. The summed E-state index contributed by atoms with van der Waals surface area (Å²) in [7, 11) is 0. The van der Waals surface area contributed by atoms with E-state index in [1.807, 2.05) is 19.1 Å². The van der Waals surface area contributed by atoms with Crippen molar-refractivity contribution in [2.75, 3.05) is 5.32 Å². The number of primary amides is 1. The second-order valence-corrected chi connectivity index (χ2v) is 7.30. The summed E-state index contributed by atoms with van der Waals surface area (Å²) in [5, 5.41) is 2.92. The molecule has 30 heavy (non-hydrogen) atoms. The summed E-state index contributed by atoms with van der Waals surface area (Å²) >= 11 is 0. The number of carbonyl (C=O) groups excluding carboxylic acids is 2. The minimum atomic E-state index is -1.60. The highest BCUT2D eigenvalue weighted by molar-refractivity contribution is 5.92. The summed E-state index contributed by atoms with van der Waals surface area (Å²) in [6.07, 6.45) is 0.324. The smallest absolute Gasteiger partial charge is 0.296 e. The van der Waals surface area contributed by atoms with Crippen molar-refractivity contribution < 1.29 is 18.4 Å². The maximum absolute atomic E-state index is 14.1. The van der Waals surface area contributed by atoms with Gasteiger partial charge in [-0.15, -0.1) is 0 Å². The second-order valence-electron chi connectivity index (χ2n) is 7.30. The zero-order chi connectivity index (χ0) is 21.5. The van der Waals surface area contributed by atoms with E-state index in [1.54, 1.807) is 25.1 Å². The molecular formula is C21H20FN5O3. The Morgan fingerprint density at radius 2 is 2.17 bits per heavy atom. The number of carbonyl (C=O) groups is 2. The zero-order valence-corrected chi connectivity index (χ0v) is 16.4. The lowest BCUT2D eigenvalue weighted by Gasteiger charge is -2.34. The molecule has 8 nitrogen and oxygen atoms in total. The summed E-state index contributed by atoms with van der Waals surface area (Å²) in [5.74, 6) is -1.72. The Bertz CT molecular complexity index is 1260. The van der Waals surface area contributed by atoms with Crippen molar-refractivity contribution in [2.24, 2.45) is 5.73 Å². The third kappa shape index (κ3) is 3.18. The first kappa shape index (κ1) is 19.6. The Morgan fingerprint density at radius 3 is 2.87 bits per heavy atom. The first-order valence-corrected chi connectivity index (χ1v) is 9.37. The van der Waals surface area contributed by atoms with Crippen LogP contribution in [0.2, 0.25) is 0 Å². The van der Waals surface area contributed by atoms with Crippen molar-refractivity contribution >= 4 is 40.3 Å². The molecule has 1 unspecified atom stereocenters. The number of imidazole rings is 1. The molecule has 0 bridgehead atoms. The molecule has 4 rings (SSSR count). The van der Waals surface area contributed by atoms with E-state index < -0.39 is 23.2 Å². The van der Waals surface area contributed by atoms with Crippen molar-refractivity contribution in [2.45, 2.75) is 31.7 Å². The highest BCUT2D eigenvalue weighted by Gasteiger charge is 2.45. The minimum Gasteiger partial charge on any atom is -0.424 e. The standard InChI is InChI=1S/C21H20FN5O3/c1-11-6-7-14-16(10-11)30-20(25-14)27-21(8-9-28,19(23)29)12(2)18-24-15-5-3-4-13(22)17(15)26-18/h3-7,9-10,12H,8H2,1-2H3,(H2,23,29)(H,24,26)(H,25,27)/t12-,21?/m1/s1. The quantitative estimate of drug-likeness (QED) is 0.402. The van der Waals surface area contributed by atoms with E-state index in [1.165, 1.54) is 6.07 Å². The molecule has 154 valence electrons. The van der Waals surface area contributed by atoms with Gasteiger partial charge in [-0.3, -0.25) is 4.79 Å². The number of H-pyrrole nitrogens is 1. The SMILES string of the molecule is Cc1ccc2nc(NC(CC=O)(C(N)=O)[C@H](C)c3nc4c(F)cccc4[nH]3)oc2c1. The highest BCUT2D eigenvalue weighted by atomic mass is 19.1. The zero-order valence-electron chi connectivity index (χ0n) is 16.4. The largest absolute Gasteiger partial charge is 0.424 e. The van der Waals surface area contributed by atoms with E-state index in [-0.39, 0.29) is 18.0 Å². The Labute approximate surface area is 170 Å². The summed E-state index contributed by atoms with van der Waals surface area (Å²) in [6, 6.07) is 10.0. The lowest BCUT2D eigenvalue weighted by Crippen LogP contribution is -2.54. The van der Waals surface area contributed by atoms with Gasteiger partial charge in [0.25, 0.3) is 6.01 Å². The van der Waals surface area contributed by atoms with E-state index in [4.69, 9.17) is 10.2 Å². The number of hydrogen-bond acceptors (Lipinski definition) is 6. The van der Waals surface area contributed by atoms with Gasteiger partial charge in [0.15, 0.2) is 11.4 Å². The summed E-state index contributed by atoms with van der Waals surface area (Å²) in [6.45, 7) is 3.58. The molecule has 4 N–H and O–H groups in total. The fourth-order valence-corrected chi connectivity index (χ4v) is 3.57. The molecule has 0 radical (unpaired) electrons. The maximum Gasteiger partial charge on any atom is 0.296 e. The number of para-hydroxylation sites is 1. The van der Waals surface area contributed by atoms with Gasteiger partial charge in [0, 0.05) is 12.3 Å². The molecule has 2 aromatic carbocycles. The molecule has 0 fully saturated rings. The lowest BCUT2D eigenvalue weighted by atomic mass is 9.81. The molecule has 0 aliphatic heterocycles. The first-order chi connectivity index (χ1) is 14.3. The normalized spacial score (nSPS) is 14.5. The molecule has 4 aromatic rings. The fourth-order valence-electron chi connectivity index (χ4n) is 3.57. The molecule has 9 heteroatoms. The van der Waals surface area contributed by atoms with Gasteiger partial charge in [-0.25, -0.2) is 9.37 Å². The number of aldehydes is 1. The number of oxazole rings is 1. The van der Waals surface area contributed by atoms with Crippen LogP contribution in [0, 0.1) is 12.7 Å². The van der Waals surface area contributed by atoms with Crippen molar-refractivity contribution in [1.29, 1.82) is 0 Å². The average molecular weight is 409 g/mol. The van der Waals surface area contributed by atoms with Gasteiger partial charge in [0.2, 0.25) is 5.91 Å². The van der Waals surface area contributed by atoms with Crippen LogP contribution in [0.4, 0.5) is 10.4 Å². The number of nitrogens with two attached hydrogens (primary N) is 1. The van der Waals surface area contributed by atoms with Gasteiger partial charge < -0.3 is 25.2 Å². The number of nitrogens with zero attached hydrogens (tertiary/aromatic N) is 2. The van der Waals surface area contributed by atoms with Crippen LogP contribution in [0.1, 0.15) is 30.7 Å². The molecule has 0 aliphatic rings. The van der Waals surface area contributed by atoms with Crippen molar-refractivity contribution in [3.8, 4) is 0 Å². The highest BCUT2D eigenvalue weighted by Crippen LogP contribution is 2.34. The predicted octanol–water partition coefficient (Wildman–Crippen LogP) is 3.18. The van der Waals surface area contributed by atoms with Crippen LogP contribution in [0.3, 0.4) is 0 Å². The molecule has 2 aromatic heterocycles. The lowest BCUT2D eigenvalue weighted by molar-refractivity contribution is -0.125. The third-order valence-electron chi connectivity index (χ3n) is 5.35. The average Bonchev–Trinajstić information content (AvgIpc) is 3.30. The topological polar surface area (TPSA) is 127 Å². The number of rotatable bonds is 7. The molecule has 1 amide bonds. The van der Waals surface area contributed by atoms with Crippen LogP contribution < -0.4 is 11.1 Å². The number of benzene rings is 2. The Balaban J connectivity index is 1.79. The Kier molecular flexibility index (Phi) is 4.73. The van der Waals surface area contributed by atoms with E-state index in [0.29, 0.717) is 28.7 Å². The van der Waals surface area contributed by atoms with E-state index in [0.717, 1.165) is 5.56 Å². The fraction of sp³-hybridized carbons (Fsp3) is 0.238. The Morgan fingerprint density at radius 1 is 1.37 bits per heavy atom. The van der Waals surface area contributed by atoms with Gasteiger partial charge >= 0.3 is 0 Å². The maximum atomic E-state index is 14.1. The first-order valence-electron chi connectivity index (χ1n) is 9.37. The summed E-state index contributed by atoms with van der Waals surface area (Å²) in [4.78, 5) is 35.7. The van der Waals surface area contributed by atoms with Crippen LogP contribution in [0.15, 0.2) is 40.8 Å². The van der Waals surface area contributed by atoms with Crippen molar-refractivity contribution in [1.82, 2.24) is 15.0 Å². The Hall–Kier alpha value is -3.75. The summed E-state index contributed by atoms with van der Waals surface area (Å²) in [5.41, 5.74) is 6.86. The van der Waals surface area contributed by atoms with Gasteiger partial charge in [-0.1, -0.05) is 19.1 Å². The molecule has 2 heterocycles. The molecular weight excluding hydrogens is 389 g/mol. The van der Waals surface area contributed by atoms with Crippen LogP contribution in [-0.2, 0) is 9.59 Å². The van der Waals surface area contributed by atoms with Gasteiger partial charge in [0.05, 0.1) is 5.52 Å². The number of aromatic amines is 1. The number of nitrogens with one attached hydrogen (secondary N) is 2. The van der Waals surface area contributed by atoms with Gasteiger partial charge in [0.1, 0.15) is 28.7 Å². The molecule has 0 saturated carbocycles. The van der Waals surface area contributed by atoms with Crippen LogP contribution in [0.25, 0.3) is 22.1 Å². The summed E-state index contributed by atoms with van der Waals surface area (Å²) < 4.78 is 19.8. The molecule has 2 atom stereocenters. The number of aromatic nitrogens is 3. The number of halogens is 1. The van der Waals surface area contributed by atoms with E-state index >= 15 is 0 Å². The number of hydrogen-bond donors (Lipinski definition) is 3. The second kappa shape index (κ2) is 7.25. The number of fused-ring (bicyclic) bond motifs is 2. The number of anilines is 1.